The Hall–Kier alpha value is -2.40. The molecule has 1 unspecified atom stereocenters. The van der Waals surface area contributed by atoms with Crippen molar-refractivity contribution < 1.29 is 13.9 Å². The third kappa shape index (κ3) is 4.14. The van der Waals surface area contributed by atoms with Gasteiger partial charge >= 0.3 is 0 Å². The fourth-order valence-corrected chi connectivity index (χ4v) is 3.99. The summed E-state index contributed by atoms with van der Waals surface area (Å²) in [5.41, 5.74) is 3.12. The molecule has 0 aliphatic carbocycles. The molecule has 142 valence electrons. The Bertz CT molecular complexity index is 800. The number of amides is 1. The zero-order valence-corrected chi connectivity index (χ0v) is 15.4. The van der Waals surface area contributed by atoms with Gasteiger partial charge in [-0.05, 0) is 60.8 Å². The summed E-state index contributed by atoms with van der Waals surface area (Å²) < 4.78 is 18.9. The minimum atomic E-state index is -0.372. The highest BCUT2D eigenvalue weighted by Gasteiger charge is 2.28. The molecule has 27 heavy (non-hydrogen) atoms. The molecule has 2 aromatic rings. The van der Waals surface area contributed by atoms with Crippen molar-refractivity contribution in [1.82, 2.24) is 10.2 Å². The van der Waals surface area contributed by atoms with Crippen LogP contribution in [0.5, 0.6) is 5.75 Å². The van der Waals surface area contributed by atoms with E-state index in [9.17, 15) is 9.18 Å². The molecule has 0 radical (unpaired) electrons. The van der Waals surface area contributed by atoms with Crippen molar-refractivity contribution in [1.29, 1.82) is 0 Å². The van der Waals surface area contributed by atoms with Gasteiger partial charge in [-0.3, -0.25) is 9.69 Å². The number of benzene rings is 2. The number of rotatable bonds is 5. The van der Waals surface area contributed by atoms with Gasteiger partial charge in [0.1, 0.15) is 17.6 Å². The van der Waals surface area contributed by atoms with Gasteiger partial charge in [-0.25, -0.2) is 4.39 Å². The molecule has 5 heteroatoms. The van der Waals surface area contributed by atoms with Crippen molar-refractivity contribution in [2.24, 2.45) is 0 Å². The molecule has 4 rings (SSSR count). The number of carbonyl (C=O) groups is 1. The number of piperidine rings is 1. The van der Waals surface area contributed by atoms with E-state index >= 15 is 0 Å². The van der Waals surface area contributed by atoms with Gasteiger partial charge < -0.3 is 10.1 Å². The Morgan fingerprint density at radius 1 is 1.11 bits per heavy atom. The molecule has 4 nitrogen and oxygen atoms in total. The van der Waals surface area contributed by atoms with Crippen LogP contribution in [0.25, 0.3) is 0 Å². The smallest absolute Gasteiger partial charge is 0.242 e. The maximum absolute atomic E-state index is 13.3. The van der Waals surface area contributed by atoms with E-state index in [1.54, 1.807) is 12.1 Å². The van der Waals surface area contributed by atoms with Crippen molar-refractivity contribution >= 4 is 5.91 Å². The number of halogens is 1. The predicted octanol–water partition coefficient (Wildman–Crippen LogP) is 3.60. The Labute approximate surface area is 159 Å². The van der Waals surface area contributed by atoms with Crippen LogP contribution in [0.2, 0.25) is 0 Å². The fourth-order valence-electron chi connectivity index (χ4n) is 3.99. The average Bonchev–Trinajstić information content (AvgIpc) is 3.17. The summed E-state index contributed by atoms with van der Waals surface area (Å²) in [6, 6.07) is 12.0. The lowest BCUT2D eigenvalue weighted by molar-refractivity contribution is -0.127. The molecular weight excluding hydrogens is 343 g/mol. The number of nitrogens with zero attached hydrogens (tertiary/aromatic N) is 1. The summed E-state index contributed by atoms with van der Waals surface area (Å²) in [4.78, 5) is 15.3. The molecule has 2 aliphatic rings. The third-order valence-corrected chi connectivity index (χ3v) is 5.41. The summed E-state index contributed by atoms with van der Waals surface area (Å²) in [5.74, 6) is 0.639. The lowest BCUT2D eigenvalue weighted by Gasteiger charge is -2.34. The molecule has 0 aromatic heterocycles. The first-order valence-corrected chi connectivity index (χ1v) is 9.72. The summed E-state index contributed by atoms with van der Waals surface area (Å²) in [6.45, 7) is 3.00. The zero-order valence-electron chi connectivity index (χ0n) is 15.4. The van der Waals surface area contributed by atoms with Crippen molar-refractivity contribution in [2.75, 3.05) is 19.7 Å². The van der Waals surface area contributed by atoms with E-state index in [1.807, 2.05) is 12.1 Å². The first kappa shape index (κ1) is 18.0. The Balaban J connectivity index is 1.48. The second kappa shape index (κ2) is 8.09. The highest BCUT2D eigenvalue weighted by Crippen LogP contribution is 2.27. The molecule has 2 heterocycles. The maximum atomic E-state index is 13.3. The number of fused-ring (bicyclic) bond motifs is 1. The summed E-state index contributed by atoms with van der Waals surface area (Å²) >= 11 is 0. The molecular formula is C22H25FN2O2. The molecule has 0 bridgehead atoms. The van der Waals surface area contributed by atoms with E-state index < -0.39 is 0 Å². The minimum Gasteiger partial charge on any atom is -0.493 e. The van der Waals surface area contributed by atoms with Crippen LogP contribution in [-0.2, 0) is 17.8 Å². The number of carbonyl (C=O) groups excluding carboxylic acids is 1. The van der Waals surface area contributed by atoms with Gasteiger partial charge in [-0.2, -0.15) is 0 Å². The lowest BCUT2D eigenvalue weighted by Crippen LogP contribution is -2.42. The normalized spacial score (nSPS) is 17.8. The van der Waals surface area contributed by atoms with E-state index in [1.165, 1.54) is 24.1 Å². The molecule has 2 aliphatic heterocycles. The van der Waals surface area contributed by atoms with Gasteiger partial charge in [0.2, 0.25) is 5.91 Å². The molecule has 1 amide bonds. The predicted molar refractivity (Wildman–Crippen MR) is 102 cm³/mol. The summed E-state index contributed by atoms with van der Waals surface area (Å²) in [6.07, 6.45) is 4.31. The van der Waals surface area contributed by atoms with Crippen LogP contribution in [0.15, 0.2) is 42.5 Å². The Morgan fingerprint density at radius 2 is 1.89 bits per heavy atom. The Kier molecular flexibility index (Phi) is 5.39. The van der Waals surface area contributed by atoms with Crippen molar-refractivity contribution in [3.8, 4) is 5.75 Å². The first-order chi connectivity index (χ1) is 13.2. The van der Waals surface area contributed by atoms with Crippen molar-refractivity contribution in [3.05, 3.63) is 65.0 Å². The van der Waals surface area contributed by atoms with Crippen LogP contribution in [0.4, 0.5) is 4.39 Å². The van der Waals surface area contributed by atoms with Gasteiger partial charge in [-0.15, -0.1) is 0 Å². The first-order valence-electron chi connectivity index (χ1n) is 9.72. The fraction of sp³-hybridized carbons (Fsp3) is 0.409. The third-order valence-electron chi connectivity index (χ3n) is 5.41. The molecule has 0 saturated carbocycles. The number of ether oxygens (including phenoxy) is 1. The van der Waals surface area contributed by atoms with E-state index in [0.29, 0.717) is 6.54 Å². The van der Waals surface area contributed by atoms with E-state index in [0.717, 1.165) is 55.8 Å². The highest BCUT2D eigenvalue weighted by atomic mass is 19.1. The minimum absolute atomic E-state index is 0.0275. The number of nitrogens with one attached hydrogen (secondary N) is 1. The number of hydrogen-bond donors (Lipinski definition) is 1. The quantitative estimate of drug-likeness (QED) is 0.877. The topological polar surface area (TPSA) is 41.6 Å². The molecule has 0 spiro atoms. The van der Waals surface area contributed by atoms with Gasteiger partial charge in [0.15, 0.2) is 0 Å². The zero-order chi connectivity index (χ0) is 18.6. The van der Waals surface area contributed by atoms with Crippen molar-refractivity contribution in [2.45, 2.75) is 38.3 Å². The number of likely N-dealkylation sites (tertiary alicyclic amines) is 1. The van der Waals surface area contributed by atoms with Crippen LogP contribution >= 0.6 is 0 Å². The van der Waals surface area contributed by atoms with Crippen LogP contribution < -0.4 is 10.1 Å². The maximum Gasteiger partial charge on any atom is 0.242 e. The highest BCUT2D eigenvalue weighted by molar-refractivity contribution is 5.83. The standard InChI is InChI=1S/C22H25FN2O2/c23-19-7-5-17(6-8-19)21(25-11-2-1-3-12-25)22(26)24-15-16-4-9-20-18(14-16)10-13-27-20/h4-9,14,21H,1-3,10-13,15H2,(H,24,26). The van der Waals surface area contributed by atoms with E-state index in [-0.39, 0.29) is 17.8 Å². The number of hydrogen-bond acceptors (Lipinski definition) is 3. The molecule has 2 aromatic carbocycles. The van der Waals surface area contributed by atoms with E-state index in [2.05, 4.69) is 16.3 Å². The van der Waals surface area contributed by atoms with Crippen LogP contribution in [0, 0.1) is 5.82 Å². The molecule has 1 saturated heterocycles. The molecule has 1 N–H and O–H groups in total. The second-order valence-electron chi connectivity index (χ2n) is 7.31. The molecule has 1 fully saturated rings. The summed E-state index contributed by atoms with van der Waals surface area (Å²) in [5, 5.41) is 3.09. The summed E-state index contributed by atoms with van der Waals surface area (Å²) in [7, 11) is 0. The van der Waals surface area contributed by atoms with Crippen LogP contribution in [-0.4, -0.2) is 30.5 Å². The van der Waals surface area contributed by atoms with E-state index in [4.69, 9.17) is 4.74 Å². The second-order valence-corrected chi connectivity index (χ2v) is 7.31. The SMILES string of the molecule is O=C(NCc1ccc2c(c1)CCO2)C(c1ccc(F)cc1)N1CCCCC1. The van der Waals surface area contributed by atoms with Crippen LogP contribution in [0.3, 0.4) is 0 Å². The van der Waals surface area contributed by atoms with Gasteiger partial charge in [-0.1, -0.05) is 30.7 Å². The average molecular weight is 368 g/mol. The van der Waals surface area contributed by atoms with Crippen LogP contribution in [0.1, 0.15) is 42.0 Å². The monoisotopic (exact) mass is 368 g/mol. The molecule has 1 atom stereocenters. The van der Waals surface area contributed by atoms with Gasteiger partial charge in [0.05, 0.1) is 6.61 Å². The van der Waals surface area contributed by atoms with Crippen molar-refractivity contribution in [3.63, 3.8) is 0 Å². The largest absolute Gasteiger partial charge is 0.493 e. The van der Waals surface area contributed by atoms with Gasteiger partial charge in [0, 0.05) is 13.0 Å². The van der Waals surface area contributed by atoms with Gasteiger partial charge in [0.25, 0.3) is 0 Å². The lowest BCUT2D eigenvalue weighted by atomic mass is 10.0. The Morgan fingerprint density at radius 3 is 2.67 bits per heavy atom.